The number of aromatic nitrogens is 3. The molecule has 6 heavy (non-hydrogen) atoms. The van der Waals surface area contributed by atoms with Gasteiger partial charge in [-0.1, -0.05) is 0 Å². The van der Waals surface area contributed by atoms with Crippen LogP contribution < -0.4 is 0 Å². The van der Waals surface area contributed by atoms with Crippen LogP contribution in [0.15, 0.2) is 12.4 Å². The molecule has 0 radical (unpaired) electrons. The monoisotopic (exact) mass is 82.0 g/mol. The summed E-state index contributed by atoms with van der Waals surface area (Å²) in [6, 6.07) is 0. The van der Waals surface area contributed by atoms with Gasteiger partial charge >= 0.3 is 0 Å². The van der Waals surface area contributed by atoms with E-state index in [-0.39, 0.29) is 0 Å². The topological polar surface area (TPSA) is 30.7 Å². The minimum atomic E-state index is 1.39. The lowest BCUT2D eigenvalue weighted by molar-refractivity contribution is 0.799. The molecule has 0 aliphatic carbocycles. The minimum Gasteiger partial charge on any atom is -0.388 e. The molecule has 0 unspecified atom stereocenters. The van der Waals surface area contributed by atoms with Gasteiger partial charge in [-0.3, -0.25) is 0 Å². The lowest BCUT2D eigenvalue weighted by Crippen LogP contribution is -1.82. The maximum Gasteiger partial charge on any atom is -0.0122 e. The predicted molar refractivity (Wildman–Crippen MR) is 20.8 cm³/mol. The highest BCUT2D eigenvalue weighted by Crippen LogP contribution is 1.68. The molecule has 0 aliphatic rings. The van der Waals surface area contributed by atoms with E-state index in [9.17, 15) is 0 Å². The van der Waals surface area contributed by atoms with Gasteiger partial charge in [0.15, 0.2) is 0 Å². The molecule has 3 nitrogen and oxygen atoms in total. The van der Waals surface area contributed by atoms with E-state index in [2.05, 4.69) is 17.4 Å². The van der Waals surface area contributed by atoms with Crippen LogP contribution in [-0.4, -0.2) is 15.0 Å². The highest BCUT2D eigenvalue weighted by atomic mass is 15.4. The second-order valence-corrected chi connectivity index (χ2v) is 0.943. The summed E-state index contributed by atoms with van der Waals surface area (Å²) >= 11 is 0. The Morgan fingerprint density at radius 2 is 2.50 bits per heavy atom. The zero-order chi connectivity index (χ0) is 4.41. The summed E-state index contributed by atoms with van der Waals surface area (Å²) in [6.45, 7) is 0. The molecule has 0 fully saturated rings. The number of nitrogens with zero attached hydrogens (tertiary/aromatic N) is 3. The Balaban J connectivity index is 3.05. The molecule has 0 amide bonds. The third-order valence-electron chi connectivity index (χ3n) is 0.472. The first kappa shape index (κ1) is 3.21. The summed E-state index contributed by atoms with van der Waals surface area (Å²) < 4.78 is 1.39. The second kappa shape index (κ2) is 1.01. The van der Waals surface area contributed by atoms with E-state index in [4.69, 9.17) is 0 Å². The lowest BCUT2D eigenvalue weighted by Gasteiger charge is -1.86. The van der Waals surface area contributed by atoms with Crippen LogP contribution in [-0.2, 0) is 0 Å². The Labute approximate surface area is 35.6 Å². The SMILES string of the molecule is [CH2-]n1ccnn1. The molecule has 0 saturated carbocycles. The molecule has 0 aromatic carbocycles. The van der Waals surface area contributed by atoms with E-state index in [0.29, 0.717) is 0 Å². The van der Waals surface area contributed by atoms with Gasteiger partial charge in [0, 0.05) is 0 Å². The van der Waals surface area contributed by atoms with Crippen LogP contribution in [0.2, 0.25) is 0 Å². The molecule has 32 valence electrons. The van der Waals surface area contributed by atoms with Crippen molar-refractivity contribution in [2.45, 2.75) is 0 Å². The minimum absolute atomic E-state index is 1.39. The fourth-order valence-electron chi connectivity index (χ4n) is 0.233. The molecule has 0 atom stereocenters. The summed E-state index contributed by atoms with van der Waals surface area (Å²) in [7, 11) is 3.42. The van der Waals surface area contributed by atoms with Crippen LogP contribution in [0.5, 0.6) is 0 Å². The maximum atomic E-state index is 3.47. The Hall–Kier alpha value is -0.990. The van der Waals surface area contributed by atoms with Gasteiger partial charge in [0.05, 0.1) is 0 Å². The van der Waals surface area contributed by atoms with E-state index < -0.39 is 0 Å². The van der Waals surface area contributed by atoms with E-state index in [1.807, 2.05) is 0 Å². The molecule has 1 aromatic heterocycles. The summed E-state index contributed by atoms with van der Waals surface area (Å²) in [6.07, 6.45) is 3.24. The number of hydrogen-bond acceptors (Lipinski definition) is 2. The van der Waals surface area contributed by atoms with Crippen molar-refractivity contribution in [2.75, 3.05) is 0 Å². The molecule has 0 saturated heterocycles. The quantitative estimate of drug-likeness (QED) is 0.410. The Morgan fingerprint density at radius 3 is 2.67 bits per heavy atom. The van der Waals surface area contributed by atoms with Crippen molar-refractivity contribution in [3.05, 3.63) is 19.4 Å². The molecule has 1 rings (SSSR count). The largest absolute Gasteiger partial charge is 0.388 e. The number of rotatable bonds is 0. The molecular weight excluding hydrogens is 78.1 g/mol. The third kappa shape index (κ3) is 0.337. The lowest BCUT2D eigenvalue weighted by atomic mass is 10.9. The van der Waals surface area contributed by atoms with Gasteiger partial charge < -0.3 is 4.68 Å². The summed E-state index contributed by atoms with van der Waals surface area (Å²) in [5.74, 6) is 0. The molecule has 1 aromatic rings. The van der Waals surface area contributed by atoms with Crippen LogP contribution in [0.1, 0.15) is 0 Å². The van der Waals surface area contributed by atoms with Gasteiger partial charge in [0.25, 0.3) is 0 Å². The van der Waals surface area contributed by atoms with Crippen molar-refractivity contribution in [3.63, 3.8) is 0 Å². The van der Waals surface area contributed by atoms with Crippen LogP contribution in [0, 0.1) is 7.05 Å². The third-order valence-corrected chi connectivity index (χ3v) is 0.472. The van der Waals surface area contributed by atoms with E-state index in [1.165, 1.54) is 4.68 Å². The maximum absolute atomic E-state index is 3.47. The molecular formula is C3H4N3-. The second-order valence-electron chi connectivity index (χ2n) is 0.943. The van der Waals surface area contributed by atoms with Gasteiger partial charge in [-0.15, -0.1) is 11.4 Å². The summed E-state index contributed by atoms with van der Waals surface area (Å²) in [5.41, 5.74) is 0. The van der Waals surface area contributed by atoms with Crippen molar-refractivity contribution in [3.8, 4) is 0 Å². The van der Waals surface area contributed by atoms with Crippen LogP contribution >= 0.6 is 0 Å². The highest BCUT2D eigenvalue weighted by molar-refractivity contribution is 4.63. The molecule has 0 N–H and O–H groups in total. The zero-order valence-corrected chi connectivity index (χ0v) is 3.20. The fourth-order valence-corrected chi connectivity index (χ4v) is 0.233. The molecule has 0 bridgehead atoms. The average molecular weight is 82.1 g/mol. The smallest absolute Gasteiger partial charge is 0.0122 e. The van der Waals surface area contributed by atoms with Crippen molar-refractivity contribution in [1.29, 1.82) is 0 Å². The Kier molecular flexibility index (Phi) is 0.538. The van der Waals surface area contributed by atoms with Gasteiger partial charge in [0.1, 0.15) is 0 Å². The first-order valence-corrected chi connectivity index (χ1v) is 1.57. The zero-order valence-electron chi connectivity index (χ0n) is 3.20. The molecule has 0 spiro atoms. The Morgan fingerprint density at radius 1 is 1.67 bits per heavy atom. The van der Waals surface area contributed by atoms with Crippen molar-refractivity contribution < 1.29 is 0 Å². The van der Waals surface area contributed by atoms with Gasteiger partial charge in [-0.25, -0.2) is 0 Å². The molecule has 1 heterocycles. The average Bonchev–Trinajstić information content (AvgIpc) is 1.86. The van der Waals surface area contributed by atoms with Gasteiger partial charge in [-0.2, -0.15) is 12.1 Å². The van der Waals surface area contributed by atoms with E-state index in [1.54, 1.807) is 12.4 Å². The van der Waals surface area contributed by atoms with Crippen LogP contribution in [0.4, 0.5) is 0 Å². The first-order valence-electron chi connectivity index (χ1n) is 1.57. The number of hydrogen-bond donors (Lipinski definition) is 0. The van der Waals surface area contributed by atoms with Crippen molar-refractivity contribution in [2.24, 2.45) is 0 Å². The summed E-state index contributed by atoms with van der Waals surface area (Å²) in [5, 5.41) is 6.94. The summed E-state index contributed by atoms with van der Waals surface area (Å²) in [4.78, 5) is 0. The predicted octanol–water partition coefficient (Wildman–Crippen LogP) is -0.0822. The molecule has 0 aliphatic heterocycles. The Bertz CT molecular complexity index is 110. The van der Waals surface area contributed by atoms with Crippen LogP contribution in [0.3, 0.4) is 0 Å². The van der Waals surface area contributed by atoms with E-state index in [0.717, 1.165) is 0 Å². The van der Waals surface area contributed by atoms with Gasteiger partial charge in [-0.05, 0) is 6.20 Å². The highest BCUT2D eigenvalue weighted by Gasteiger charge is 1.61. The molecule has 3 heteroatoms. The normalized spacial score (nSPS) is 8.67. The van der Waals surface area contributed by atoms with Crippen molar-refractivity contribution >= 4 is 0 Å². The van der Waals surface area contributed by atoms with E-state index >= 15 is 0 Å². The van der Waals surface area contributed by atoms with Crippen LogP contribution in [0.25, 0.3) is 0 Å². The fraction of sp³-hybridized carbons (Fsp3) is 0. The standard InChI is InChI=1S/C3H4N3/c1-6-3-2-4-5-6/h2-3H,1H2/q-1. The van der Waals surface area contributed by atoms with Gasteiger partial charge in [0.2, 0.25) is 0 Å². The first-order chi connectivity index (χ1) is 2.89. The van der Waals surface area contributed by atoms with Crippen molar-refractivity contribution in [1.82, 2.24) is 15.0 Å².